The van der Waals surface area contributed by atoms with Crippen LogP contribution in [0.15, 0.2) is 6.20 Å². The second-order valence-electron chi connectivity index (χ2n) is 3.20. The Labute approximate surface area is 77.8 Å². The Balaban J connectivity index is 2.13. The molecule has 13 heavy (non-hydrogen) atoms. The molecule has 2 N–H and O–H groups in total. The molecule has 0 saturated carbocycles. The number of aryl methyl sites for hydroxylation is 1. The summed E-state index contributed by atoms with van der Waals surface area (Å²) < 4.78 is 1.67. The van der Waals surface area contributed by atoms with Gasteiger partial charge in [-0.3, -0.25) is 4.68 Å². The molecule has 0 saturated heterocycles. The molecule has 0 aliphatic heterocycles. The zero-order valence-electron chi connectivity index (χ0n) is 8.06. The normalized spacial score (nSPS) is 13.2. The van der Waals surface area contributed by atoms with Crippen molar-refractivity contribution in [2.75, 3.05) is 6.54 Å². The maximum atomic E-state index is 8.98. The van der Waals surface area contributed by atoms with Gasteiger partial charge in [-0.15, -0.1) is 5.10 Å². The summed E-state index contributed by atoms with van der Waals surface area (Å²) in [4.78, 5) is 0. The summed E-state index contributed by atoms with van der Waals surface area (Å²) in [5.74, 6) is 0. The fourth-order valence-electron chi connectivity index (χ4n) is 1.00. The quantitative estimate of drug-likeness (QED) is 0.615. The van der Waals surface area contributed by atoms with Crippen molar-refractivity contribution in [3.63, 3.8) is 0 Å². The zero-order valence-corrected chi connectivity index (χ0v) is 8.06. The number of aliphatic hydroxyl groups is 1. The van der Waals surface area contributed by atoms with E-state index in [9.17, 15) is 0 Å². The van der Waals surface area contributed by atoms with Crippen LogP contribution in [0.4, 0.5) is 0 Å². The summed E-state index contributed by atoms with van der Waals surface area (Å²) in [6.45, 7) is 3.29. The maximum Gasteiger partial charge on any atom is 0.0964 e. The smallest absolute Gasteiger partial charge is 0.0964 e. The van der Waals surface area contributed by atoms with E-state index < -0.39 is 0 Å². The van der Waals surface area contributed by atoms with Crippen molar-refractivity contribution in [2.45, 2.75) is 26.0 Å². The Kier molecular flexibility index (Phi) is 3.85. The van der Waals surface area contributed by atoms with Crippen LogP contribution in [-0.2, 0) is 13.6 Å². The Bertz CT molecular complexity index is 246. The Hall–Kier alpha value is -0.940. The zero-order chi connectivity index (χ0) is 9.68. The molecule has 0 spiro atoms. The van der Waals surface area contributed by atoms with Gasteiger partial charge in [0.25, 0.3) is 0 Å². The SMILES string of the molecule is CC(O)CCNCc1cn(C)nn1. The third kappa shape index (κ3) is 4.00. The van der Waals surface area contributed by atoms with Gasteiger partial charge in [0.1, 0.15) is 0 Å². The standard InChI is InChI=1S/C8H16N4O/c1-7(13)3-4-9-5-8-6-12(2)11-10-8/h6-7,9,13H,3-5H2,1-2H3. The number of aliphatic hydroxyl groups excluding tert-OH is 1. The van der Waals surface area contributed by atoms with Gasteiger partial charge in [-0.1, -0.05) is 5.21 Å². The summed E-state index contributed by atoms with van der Waals surface area (Å²) in [5, 5.41) is 19.9. The van der Waals surface area contributed by atoms with Crippen molar-refractivity contribution in [3.05, 3.63) is 11.9 Å². The van der Waals surface area contributed by atoms with Gasteiger partial charge >= 0.3 is 0 Å². The van der Waals surface area contributed by atoms with E-state index in [4.69, 9.17) is 5.11 Å². The molecule has 1 unspecified atom stereocenters. The minimum Gasteiger partial charge on any atom is -0.393 e. The number of rotatable bonds is 5. The average molecular weight is 184 g/mol. The molecule has 0 aromatic carbocycles. The van der Waals surface area contributed by atoms with Crippen molar-refractivity contribution in [2.24, 2.45) is 7.05 Å². The number of hydrogen-bond acceptors (Lipinski definition) is 4. The Morgan fingerprint density at radius 2 is 2.46 bits per heavy atom. The Morgan fingerprint density at radius 3 is 3.00 bits per heavy atom. The summed E-state index contributed by atoms with van der Waals surface area (Å²) in [5.41, 5.74) is 0.924. The molecule has 5 heteroatoms. The van der Waals surface area contributed by atoms with E-state index in [2.05, 4.69) is 15.6 Å². The predicted molar refractivity (Wildman–Crippen MR) is 49.0 cm³/mol. The fourth-order valence-corrected chi connectivity index (χ4v) is 1.00. The molecule has 0 amide bonds. The van der Waals surface area contributed by atoms with Gasteiger partial charge in [0.15, 0.2) is 0 Å². The van der Waals surface area contributed by atoms with Crippen LogP contribution < -0.4 is 5.32 Å². The fraction of sp³-hybridized carbons (Fsp3) is 0.750. The molecule has 0 aliphatic rings. The molecule has 0 fully saturated rings. The first kappa shape index (κ1) is 10.1. The summed E-state index contributed by atoms with van der Waals surface area (Å²) in [7, 11) is 1.84. The molecule has 74 valence electrons. The van der Waals surface area contributed by atoms with E-state index in [1.54, 1.807) is 11.6 Å². The van der Waals surface area contributed by atoms with E-state index in [0.29, 0.717) is 6.54 Å². The Morgan fingerprint density at radius 1 is 1.69 bits per heavy atom. The lowest BCUT2D eigenvalue weighted by molar-refractivity contribution is 0.183. The molecule has 0 aliphatic carbocycles. The van der Waals surface area contributed by atoms with Crippen LogP contribution in [0.5, 0.6) is 0 Å². The van der Waals surface area contributed by atoms with E-state index >= 15 is 0 Å². The molecule has 1 aromatic rings. The van der Waals surface area contributed by atoms with Gasteiger partial charge in [0.2, 0.25) is 0 Å². The first-order valence-corrected chi connectivity index (χ1v) is 4.42. The van der Waals surface area contributed by atoms with Gasteiger partial charge in [0.05, 0.1) is 11.8 Å². The van der Waals surface area contributed by atoms with E-state index in [0.717, 1.165) is 18.7 Å². The highest BCUT2D eigenvalue weighted by atomic mass is 16.3. The van der Waals surface area contributed by atoms with Gasteiger partial charge < -0.3 is 10.4 Å². The number of nitrogens with one attached hydrogen (secondary N) is 1. The highest BCUT2D eigenvalue weighted by molar-refractivity contribution is 4.90. The second-order valence-corrected chi connectivity index (χ2v) is 3.20. The molecule has 5 nitrogen and oxygen atoms in total. The lowest BCUT2D eigenvalue weighted by atomic mass is 10.3. The second kappa shape index (κ2) is 4.94. The van der Waals surface area contributed by atoms with Gasteiger partial charge in [0, 0.05) is 19.8 Å². The molecule has 1 aromatic heterocycles. The minimum absolute atomic E-state index is 0.241. The monoisotopic (exact) mass is 184 g/mol. The van der Waals surface area contributed by atoms with E-state index in [-0.39, 0.29) is 6.10 Å². The first-order valence-electron chi connectivity index (χ1n) is 4.42. The third-order valence-corrected chi connectivity index (χ3v) is 1.70. The first-order chi connectivity index (χ1) is 6.18. The van der Waals surface area contributed by atoms with Gasteiger partial charge in [-0.25, -0.2) is 0 Å². The van der Waals surface area contributed by atoms with E-state index in [1.807, 2.05) is 13.2 Å². The molecule has 0 bridgehead atoms. The number of aromatic nitrogens is 3. The van der Waals surface area contributed by atoms with Crippen molar-refractivity contribution in [1.29, 1.82) is 0 Å². The summed E-state index contributed by atoms with van der Waals surface area (Å²) in [6.07, 6.45) is 2.39. The average Bonchev–Trinajstić information content (AvgIpc) is 2.45. The van der Waals surface area contributed by atoms with Crippen LogP contribution in [-0.4, -0.2) is 32.7 Å². The molecular weight excluding hydrogens is 168 g/mol. The lowest BCUT2D eigenvalue weighted by Crippen LogP contribution is -2.18. The van der Waals surface area contributed by atoms with Gasteiger partial charge in [-0.05, 0) is 19.9 Å². The molecular formula is C8H16N4O. The van der Waals surface area contributed by atoms with Crippen LogP contribution in [0.2, 0.25) is 0 Å². The van der Waals surface area contributed by atoms with Crippen LogP contribution >= 0.6 is 0 Å². The van der Waals surface area contributed by atoms with Crippen LogP contribution in [0.25, 0.3) is 0 Å². The minimum atomic E-state index is -0.241. The largest absolute Gasteiger partial charge is 0.393 e. The van der Waals surface area contributed by atoms with Crippen molar-refractivity contribution < 1.29 is 5.11 Å². The van der Waals surface area contributed by atoms with Crippen LogP contribution in [0.3, 0.4) is 0 Å². The van der Waals surface area contributed by atoms with Crippen LogP contribution in [0.1, 0.15) is 19.0 Å². The molecule has 0 radical (unpaired) electrons. The predicted octanol–water partition coefficient (Wildman–Crippen LogP) is -0.324. The molecule has 1 heterocycles. The highest BCUT2D eigenvalue weighted by Crippen LogP contribution is 1.91. The van der Waals surface area contributed by atoms with Crippen LogP contribution in [0, 0.1) is 0 Å². The number of nitrogens with zero attached hydrogens (tertiary/aromatic N) is 3. The lowest BCUT2D eigenvalue weighted by Gasteiger charge is -2.03. The van der Waals surface area contributed by atoms with Gasteiger partial charge in [-0.2, -0.15) is 0 Å². The summed E-state index contributed by atoms with van der Waals surface area (Å²) >= 11 is 0. The highest BCUT2D eigenvalue weighted by Gasteiger charge is 1.98. The number of hydrogen-bond donors (Lipinski definition) is 2. The molecule has 1 atom stereocenters. The maximum absolute atomic E-state index is 8.98. The topological polar surface area (TPSA) is 63.0 Å². The van der Waals surface area contributed by atoms with Crippen molar-refractivity contribution in [1.82, 2.24) is 20.3 Å². The molecule has 1 rings (SSSR count). The summed E-state index contributed by atoms with van der Waals surface area (Å²) in [6, 6.07) is 0. The van der Waals surface area contributed by atoms with Crippen molar-refractivity contribution in [3.8, 4) is 0 Å². The third-order valence-electron chi connectivity index (χ3n) is 1.70. The van der Waals surface area contributed by atoms with E-state index in [1.165, 1.54) is 0 Å². The van der Waals surface area contributed by atoms with Crippen molar-refractivity contribution >= 4 is 0 Å².